The highest BCUT2D eigenvalue weighted by atomic mass is 16.5. The lowest BCUT2D eigenvalue weighted by Crippen LogP contribution is -2.13. The Morgan fingerprint density at radius 1 is 1.38 bits per heavy atom. The predicted molar refractivity (Wildman–Crippen MR) is 65.8 cm³/mol. The zero-order chi connectivity index (χ0) is 12.1. The second-order valence-corrected chi connectivity index (χ2v) is 4.39. The third-order valence-corrected chi connectivity index (χ3v) is 2.16. The second-order valence-electron chi connectivity index (χ2n) is 4.39. The van der Waals surface area contributed by atoms with Crippen LogP contribution in [0.15, 0.2) is 18.2 Å². The maximum Gasteiger partial charge on any atom is 0.224 e. The number of hydrogen-bond donors (Lipinski definition) is 1. The van der Waals surface area contributed by atoms with Crippen molar-refractivity contribution in [2.24, 2.45) is 5.92 Å². The molecule has 1 N–H and O–H groups in total. The first-order valence-corrected chi connectivity index (χ1v) is 5.47. The van der Waals surface area contributed by atoms with Crippen molar-refractivity contribution in [2.75, 3.05) is 12.4 Å². The molecule has 88 valence electrons. The lowest BCUT2D eigenvalue weighted by Gasteiger charge is -2.09. The molecule has 0 saturated carbocycles. The molecule has 0 aliphatic heterocycles. The van der Waals surface area contributed by atoms with Crippen LogP contribution < -0.4 is 10.1 Å². The van der Waals surface area contributed by atoms with E-state index in [1.807, 2.05) is 39.0 Å². The second kappa shape index (κ2) is 5.54. The average molecular weight is 221 g/mol. The van der Waals surface area contributed by atoms with E-state index >= 15 is 0 Å². The van der Waals surface area contributed by atoms with E-state index in [-0.39, 0.29) is 5.91 Å². The van der Waals surface area contributed by atoms with E-state index in [9.17, 15) is 4.79 Å². The fourth-order valence-electron chi connectivity index (χ4n) is 1.52. The Hall–Kier alpha value is -1.51. The van der Waals surface area contributed by atoms with Crippen LogP contribution in [0.25, 0.3) is 0 Å². The molecule has 0 aliphatic carbocycles. The van der Waals surface area contributed by atoms with Gasteiger partial charge in [0.05, 0.1) is 7.11 Å². The van der Waals surface area contributed by atoms with Crippen molar-refractivity contribution in [1.29, 1.82) is 0 Å². The van der Waals surface area contributed by atoms with Crippen LogP contribution in [-0.4, -0.2) is 13.0 Å². The standard InChI is InChI=1S/C13H19NO2/c1-9(2)5-13(15)14-11-6-10(3)7-12(8-11)16-4/h6-9H,5H2,1-4H3,(H,14,15). The predicted octanol–water partition coefficient (Wildman–Crippen LogP) is 2.99. The molecule has 1 aromatic rings. The molecule has 0 fully saturated rings. The van der Waals surface area contributed by atoms with Gasteiger partial charge < -0.3 is 10.1 Å². The third kappa shape index (κ3) is 3.93. The minimum absolute atomic E-state index is 0.0441. The van der Waals surface area contributed by atoms with Crippen molar-refractivity contribution in [2.45, 2.75) is 27.2 Å². The Kier molecular flexibility index (Phi) is 4.35. The summed E-state index contributed by atoms with van der Waals surface area (Å²) in [4.78, 5) is 11.6. The molecule has 0 spiro atoms. The van der Waals surface area contributed by atoms with E-state index in [1.54, 1.807) is 7.11 Å². The highest BCUT2D eigenvalue weighted by molar-refractivity contribution is 5.91. The first-order chi connectivity index (χ1) is 7.51. The van der Waals surface area contributed by atoms with Crippen molar-refractivity contribution in [3.8, 4) is 5.75 Å². The van der Waals surface area contributed by atoms with Crippen molar-refractivity contribution in [3.05, 3.63) is 23.8 Å². The number of benzene rings is 1. The Labute approximate surface area is 96.8 Å². The molecule has 1 aromatic carbocycles. The van der Waals surface area contributed by atoms with E-state index in [1.165, 1.54) is 0 Å². The number of methoxy groups -OCH3 is 1. The zero-order valence-corrected chi connectivity index (χ0v) is 10.3. The molecule has 3 heteroatoms. The minimum atomic E-state index is 0.0441. The van der Waals surface area contributed by atoms with Gasteiger partial charge in [0.1, 0.15) is 5.75 Å². The normalized spacial score (nSPS) is 10.3. The summed E-state index contributed by atoms with van der Waals surface area (Å²) in [5.74, 6) is 1.18. The number of aryl methyl sites for hydroxylation is 1. The molecule has 3 nitrogen and oxygen atoms in total. The quantitative estimate of drug-likeness (QED) is 0.848. The molecule has 0 heterocycles. The summed E-state index contributed by atoms with van der Waals surface area (Å²) in [6.45, 7) is 6.02. The van der Waals surface area contributed by atoms with Crippen molar-refractivity contribution in [1.82, 2.24) is 0 Å². The Morgan fingerprint density at radius 2 is 2.06 bits per heavy atom. The van der Waals surface area contributed by atoms with Gasteiger partial charge in [-0.05, 0) is 30.5 Å². The van der Waals surface area contributed by atoms with Crippen LogP contribution in [0.2, 0.25) is 0 Å². The fourth-order valence-corrected chi connectivity index (χ4v) is 1.52. The van der Waals surface area contributed by atoms with Gasteiger partial charge in [-0.25, -0.2) is 0 Å². The van der Waals surface area contributed by atoms with E-state index in [0.717, 1.165) is 17.0 Å². The summed E-state index contributed by atoms with van der Waals surface area (Å²) in [5, 5.41) is 2.87. The number of carbonyl (C=O) groups excluding carboxylic acids is 1. The molecular weight excluding hydrogens is 202 g/mol. The van der Waals surface area contributed by atoms with Gasteiger partial charge >= 0.3 is 0 Å². The molecule has 0 bridgehead atoms. The van der Waals surface area contributed by atoms with Gasteiger partial charge in [0.15, 0.2) is 0 Å². The fraction of sp³-hybridized carbons (Fsp3) is 0.462. The summed E-state index contributed by atoms with van der Waals surface area (Å²) < 4.78 is 5.15. The third-order valence-electron chi connectivity index (χ3n) is 2.16. The van der Waals surface area contributed by atoms with Gasteiger partial charge in [-0.15, -0.1) is 0 Å². The molecule has 0 aliphatic rings. The average Bonchev–Trinajstić information content (AvgIpc) is 2.14. The van der Waals surface area contributed by atoms with Crippen LogP contribution in [-0.2, 0) is 4.79 Å². The number of carbonyl (C=O) groups is 1. The molecule has 1 rings (SSSR count). The van der Waals surface area contributed by atoms with Crippen LogP contribution in [0.1, 0.15) is 25.8 Å². The van der Waals surface area contributed by atoms with Gasteiger partial charge in [0, 0.05) is 18.2 Å². The van der Waals surface area contributed by atoms with Gasteiger partial charge in [-0.3, -0.25) is 4.79 Å². The lowest BCUT2D eigenvalue weighted by atomic mass is 10.1. The maximum absolute atomic E-state index is 11.6. The van der Waals surface area contributed by atoms with E-state index in [4.69, 9.17) is 4.74 Å². The van der Waals surface area contributed by atoms with E-state index in [2.05, 4.69) is 5.32 Å². The monoisotopic (exact) mass is 221 g/mol. The van der Waals surface area contributed by atoms with Gasteiger partial charge in [-0.2, -0.15) is 0 Å². The zero-order valence-electron chi connectivity index (χ0n) is 10.3. The first kappa shape index (κ1) is 12.6. The molecular formula is C13H19NO2. The van der Waals surface area contributed by atoms with Crippen LogP contribution >= 0.6 is 0 Å². The summed E-state index contributed by atoms with van der Waals surface area (Å²) in [5.41, 5.74) is 1.86. The largest absolute Gasteiger partial charge is 0.497 e. The highest BCUT2D eigenvalue weighted by Gasteiger charge is 2.06. The number of amides is 1. The van der Waals surface area contributed by atoms with Crippen molar-refractivity contribution in [3.63, 3.8) is 0 Å². The summed E-state index contributed by atoms with van der Waals surface area (Å²) in [6.07, 6.45) is 0.538. The topological polar surface area (TPSA) is 38.3 Å². The Bertz CT molecular complexity index is 372. The van der Waals surface area contributed by atoms with E-state index in [0.29, 0.717) is 12.3 Å². The smallest absolute Gasteiger partial charge is 0.224 e. The number of ether oxygens (including phenoxy) is 1. The van der Waals surface area contributed by atoms with Crippen LogP contribution in [0.4, 0.5) is 5.69 Å². The van der Waals surface area contributed by atoms with Crippen LogP contribution in [0.3, 0.4) is 0 Å². The van der Waals surface area contributed by atoms with Gasteiger partial charge in [0.2, 0.25) is 5.91 Å². The molecule has 0 aromatic heterocycles. The molecule has 0 atom stereocenters. The summed E-state index contributed by atoms with van der Waals surface area (Å²) >= 11 is 0. The number of rotatable bonds is 4. The molecule has 16 heavy (non-hydrogen) atoms. The Morgan fingerprint density at radius 3 is 2.62 bits per heavy atom. The van der Waals surface area contributed by atoms with E-state index < -0.39 is 0 Å². The Balaban J connectivity index is 2.73. The first-order valence-electron chi connectivity index (χ1n) is 5.47. The number of nitrogens with one attached hydrogen (secondary N) is 1. The minimum Gasteiger partial charge on any atom is -0.497 e. The summed E-state index contributed by atoms with van der Waals surface area (Å²) in [7, 11) is 1.62. The maximum atomic E-state index is 11.6. The summed E-state index contributed by atoms with van der Waals surface area (Å²) in [6, 6.07) is 5.68. The number of hydrogen-bond acceptors (Lipinski definition) is 2. The molecule has 1 amide bonds. The van der Waals surface area contributed by atoms with Crippen LogP contribution in [0.5, 0.6) is 5.75 Å². The van der Waals surface area contributed by atoms with Gasteiger partial charge in [-0.1, -0.05) is 13.8 Å². The van der Waals surface area contributed by atoms with Crippen molar-refractivity contribution < 1.29 is 9.53 Å². The number of anilines is 1. The van der Waals surface area contributed by atoms with Crippen LogP contribution in [0, 0.1) is 12.8 Å². The SMILES string of the molecule is COc1cc(C)cc(NC(=O)CC(C)C)c1. The van der Waals surface area contributed by atoms with Crippen molar-refractivity contribution >= 4 is 11.6 Å². The molecule has 0 unspecified atom stereocenters. The molecule has 0 saturated heterocycles. The lowest BCUT2D eigenvalue weighted by molar-refractivity contribution is -0.116. The van der Waals surface area contributed by atoms with Gasteiger partial charge in [0.25, 0.3) is 0 Å². The molecule has 0 radical (unpaired) electrons. The highest BCUT2D eigenvalue weighted by Crippen LogP contribution is 2.20.